The van der Waals surface area contributed by atoms with Gasteiger partial charge in [-0.2, -0.15) is 4.31 Å². The minimum atomic E-state index is -3.69. The molecule has 7 nitrogen and oxygen atoms in total. The molecule has 0 aliphatic carbocycles. The molecule has 0 saturated carbocycles. The van der Waals surface area contributed by atoms with Crippen LogP contribution in [0.15, 0.2) is 34.1 Å². The second-order valence-corrected chi connectivity index (χ2v) is 9.49. The molecule has 2 atom stereocenters. The van der Waals surface area contributed by atoms with Crippen molar-refractivity contribution >= 4 is 20.0 Å². The van der Waals surface area contributed by atoms with Gasteiger partial charge in [-0.3, -0.25) is 0 Å². The second-order valence-electron chi connectivity index (χ2n) is 5.72. The van der Waals surface area contributed by atoms with Crippen LogP contribution in [-0.4, -0.2) is 47.3 Å². The lowest BCUT2D eigenvalue weighted by Gasteiger charge is -2.38. The van der Waals surface area contributed by atoms with Crippen LogP contribution < -0.4 is 10.5 Å². The Bertz CT molecular complexity index is 745. The Kier molecular flexibility index (Phi) is 5.47. The van der Waals surface area contributed by atoms with Crippen LogP contribution in [0.3, 0.4) is 0 Å². The van der Waals surface area contributed by atoms with E-state index in [1.54, 1.807) is 0 Å². The van der Waals surface area contributed by atoms with Crippen LogP contribution in [0.5, 0.6) is 0 Å². The van der Waals surface area contributed by atoms with Gasteiger partial charge in [-0.25, -0.2) is 21.6 Å². The molecule has 9 heteroatoms. The number of hydrogen-bond acceptors (Lipinski definition) is 5. The molecular formula is C14H23N3O4S2. The molecule has 0 radical (unpaired) electrons. The Balaban J connectivity index is 2.36. The summed E-state index contributed by atoms with van der Waals surface area (Å²) in [6.45, 7) is 2.71. The predicted octanol–water partition coefficient (Wildman–Crippen LogP) is 0.343. The number of sulfonamides is 2. The molecule has 2 rings (SSSR count). The summed E-state index contributed by atoms with van der Waals surface area (Å²) >= 11 is 0. The summed E-state index contributed by atoms with van der Waals surface area (Å²) in [5.74, 6) is 0.201. The van der Waals surface area contributed by atoms with E-state index in [4.69, 9.17) is 5.73 Å². The van der Waals surface area contributed by atoms with Gasteiger partial charge >= 0.3 is 0 Å². The second kappa shape index (κ2) is 6.86. The molecule has 1 heterocycles. The van der Waals surface area contributed by atoms with Crippen molar-refractivity contribution in [2.75, 3.05) is 20.1 Å². The lowest BCUT2D eigenvalue weighted by Crippen LogP contribution is -2.51. The molecule has 0 amide bonds. The van der Waals surface area contributed by atoms with Gasteiger partial charge in [0.25, 0.3) is 0 Å². The van der Waals surface area contributed by atoms with E-state index in [0.29, 0.717) is 6.54 Å². The number of piperidine rings is 1. The molecule has 0 aromatic heterocycles. The third-order valence-corrected chi connectivity index (χ3v) is 7.68. The van der Waals surface area contributed by atoms with Crippen molar-refractivity contribution in [1.29, 1.82) is 0 Å². The third-order valence-electron chi connectivity index (χ3n) is 4.32. The molecule has 1 fully saturated rings. The average molecular weight is 361 g/mol. The topological polar surface area (TPSA) is 110 Å². The molecule has 130 valence electrons. The number of nitrogens with two attached hydrogens (primary N) is 1. The normalized spacial score (nSPS) is 23.8. The molecule has 3 N–H and O–H groups in total. The van der Waals surface area contributed by atoms with Crippen molar-refractivity contribution in [3.05, 3.63) is 24.3 Å². The zero-order chi connectivity index (χ0) is 17.3. The van der Waals surface area contributed by atoms with Crippen LogP contribution >= 0.6 is 0 Å². The van der Waals surface area contributed by atoms with Gasteiger partial charge in [0.15, 0.2) is 0 Å². The quantitative estimate of drug-likeness (QED) is 0.786. The first-order valence-electron chi connectivity index (χ1n) is 7.49. The van der Waals surface area contributed by atoms with Crippen LogP contribution in [0.25, 0.3) is 0 Å². The number of benzene rings is 1. The van der Waals surface area contributed by atoms with E-state index >= 15 is 0 Å². The summed E-state index contributed by atoms with van der Waals surface area (Å²) in [6.07, 6.45) is 1.75. The minimum absolute atomic E-state index is 0.0290. The molecule has 1 saturated heterocycles. The van der Waals surface area contributed by atoms with Crippen LogP contribution in [0.2, 0.25) is 0 Å². The zero-order valence-electron chi connectivity index (χ0n) is 13.3. The van der Waals surface area contributed by atoms with Crippen molar-refractivity contribution in [3.63, 3.8) is 0 Å². The van der Waals surface area contributed by atoms with Crippen LogP contribution in [0, 0.1) is 5.92 Å². The summed E-state index contributed by atoms with van der Waals surface area (Å²) in [7, 11) is -5.97. The maximum atomic E-state index is 12.8. The van der Waals surface area contributed by atoms with Gasteiger partial charge in [-0.05, 0) is 50.1 Å². The fourth-order valence-electron chi connectivity index (χ4n) is 2.90. The molecule has 1 aromatic carbocycles. The molecular weight excluding hydrogens is 338 g/mol. The largest absolute Gasteiger partial charge is 0.329 e. The standard InChI is InChI=1S/C14H23N3O4S2/c1-11-4-3-9-17(14(11)10-15)23(20,21)13-7-5-12(6-8-13)22(18,19)16-2/h5-8,11,14,16H,3-4,9-10,15H2,1-2H3. The molecule has 0 bridgehead atoms. The summed E-state index contributed by atoms with van der Waals surface area (Å²) in [6, 6.07) is 5.01. The molecule has 1 aliphatic rings. The maximum Gasteiger partial charge on any atom is 0.243 e. The van der Waals surface area contributed by atoms with Crippen molar-refractivity contribution in [2.24, 2.45) is 11.7 Å². The van der Waals surface area contributed by atoms with Crippen LogP contribution in [0.1, 0.15) is 19.8 Å². The minimum Gasteiger partial charge on any atom is -0.329 e. The van der Waals surface area contributed by atoms with E-state index in [1.807, 2.05) is 6.92 Å². The van der Waals surface area contributed by atoms with Gasteiger partial charge in [0.1, 0.15) is 0 Å². The van der Waals surface area contributed by atoms with Gasteiger partial charge in [-0.1, -0.05) is 6.92 Å². The zero-order valence-corrected chi connectivity index (χ0v) is 14.9. The van der Waals surface area contributed by atoms with E-state index in [9.17, 15) is 16.8 Å². The average Bonchev–Trinajstić information content (AvgIpc) is 2.54. The highest BCUT2D eigenvalue weighted by Gasteiger charge is 2.36. The monoisotopic (exact) mass is 361 g/mol. The highest BCUT2D eigenvalue weighted by Crippen LogP contribution is 2.29. The van der Waals surface area contributed by atoms with Gasteiger partial charge < -0.3 is 5.73 Å². The maximum absolute atomic E-state index is 12.8. The molecule has 1 aromatic rings. The first kappa shape index (κ1) is 18.3. The summed E-state index contributed by atoms with van der Waals surface area (Å²) in [5.41, 5.74) is 5.76. The summed E-state index contributed by atoms with van der Waals surface area (Å²) in [5, 5.41) is 0. The van der Waals surface area contributed by atoms with Crippen molar-refractivity contribution in [3.8, 4) is 0 Å². The Morgan fingerprint density at radius 1 is 1.17 bits per heavy atom. The lowest BCUT2D eigenvalue weighted by molar-refractivity contribution is 0.192. The Morgan fingerprint density at radius 3 is 2.26 bits per heavy atom. The van der Waals surface area contributed by atoms with Gasteiger partial charge in [0.2, 0.25) is 20.0 Å². The van der Waals surface area contributed by atoms with E-state index in [1.165, 1.54) is 35.6 Å². The van der Waals surface area contributed by atoms with Crippen molar-refractivity contribution in [2.45, 2.75) is 35.6 Å². The number of nitrogens with one attached hydrogen (secondary N) is 1. The first-order chi connectivity index (χ1) is 10.7. The smallest absolute Gasteiger partial charge is 0.243 e. The van der Waals surface area contributed by atoms with Gasteiger partial charge in [0, 0.05) is 19.1 Å². The number of rotatable bonds is 5. The predicted molar refractivity (Wildman–Crippen MR) is 87.8 cm³/mol. The molecule has 2 unspecified atom stereocenters. The highest BCUT2D eigenvalue weighted by molar-refractivity contribution is 7.89. The number of nitrogens with zero attached hydrogens (tertiary/aromatic N) is 1. The SMILES string of the molecule is CNS(=O)(=O)c1ccc(S(=O)(=O)N2CCCC(C)C2CN)cc1. The molecule has 0 spiro atoms. The Morgan fingerprint density at radius 2 is 1.74 bits per heavy atom. The molecule has 1 aliphatic heterocycles. The summed E-state index contributed by atoms with van der Waals surface area (Å²) < 4.78 is 52.8. The van der Waals surface area contributed by atoms with E-state index in [0.717, 1.165) is 12.8 Å². The summed E-state index contributed by atoms with van der Waals surface area (Å²) in [4.78, 5) is 0.112. The Labute approximate surface area is 138 Å². The Hall–Kier alpha value is -1.00. The lowest BCUT2D eigenvalue weighted by atomic mass is 9.93. The first-order valence-corrected chi connectivity index (χ1v) is 10.4. The van der Waals surface area contributed by atoms with E-state index in [2.05, 4.69) is 4.72 Å². The van der Waals surface area contributed by atoms with Crippen LogP contribution in [-0.2, 0) is 20.0 Å². The third kappa shape index (κ3) is 3.58. The van der Waals surface area contributed by atoms with Crippen molar-refractivity contribution < 1.29 is 16.8 Å². The number of hydrogen-bond donors (Lipinski definition) is 2. The molecule has 23 heavy (non-hydrogen) atoms. The van der Waals surface area contributed by atoms with E-state index in [-0.39, 0.29) is 28.3 Å². The highest BCUT2D eigenvalue weighted by atomic mass is 32.2. The fraction of sp³-hybridized carbons (Fsp3) is 0.571. The fourth-order valence-corrected chi connectivity index (χ4v) is 5.40. The van der Waals surface area contributed by atoms with Crippen molar-refractivity contribution in [1.82, 2.24) is 9.03 Å². The van der Waals surface area contributed by atoms with Gasteiger partial charge in [0.05, 0.1) is 9.79 Å². The van der Waals surface area contributed by atoms with Gasteiger partial charge in [-0.15, -0.1) is 0 Å². The van der Waals surface area contributed by atoms with E-state index < -0.39 is 20.0 Å². The van der Waals surface area contributed by atoms with Crippen LogP contribution in [0.4, 0.5) is 0 Å².